The van der Waals surface area contributed by atoms with Gasteiger partial charge in [-0.1, -0.05) is 20.8 Å². The molecule has 1 saturated carbocycles. The first-order valence-corrected chi connectivity index (χ1v) is 3.66. The van der Waals surface area contributed by atoms with E-state index in [1.54, 1.807) is 0 Å². The molecule has 1 nitrogen and oxygen atoms in total. The summed E-state index contributed by atoms with van der Waals surface area (Å²) in [7, 11) is 0. The van der Waals surface area contributed by atoms with Crippen molar-refractivity contribution in [2.75, 3.05) is 0 Å². The van der Waals surface area contributed by atoms with Crippen LogP contribution in [0.25, 0.3) is 0 Å². The zero-order valence-electron chi connectivity index (χ0n) is 6.35. The largest absolute Gasteiger partial charge is 0.299 e. The average molecular weight is 126 g/mol. The molecular weight excluding hydrogens is 112 g/mol. The van der Waals surface area contributed by atoms with Gasteiger partial charge in [0.15, 0.2) is 0 Å². The summed E-state index contributed by atoms with van der Waals surface area (Å²) >= 11 is 0. The minimum atomic E-state index is 0.250. The molecule has 1 aliphatic rings. The molecule has 0 aromatic carbocycles. The van der Waals surface area contributed by atoms with E-state index in [2.05, 4.69) is 6.92 Å². The van der Waals surface area contributed by atoms with E-state index in [0.29, 0.717) is 17.6 Å². The Kier molecular flexibility index (Phi) is 1.60. The third-order valence-electron chi connectivity index (χ3n) is 2.04. The Balaban J connectivity index is 2.36. The number of hydrogen-bond donors (Lipinski definition) is 0. The van der Waals surface area contributed by atoms with Crippen LogP contribution in [0.15, 0.2) is 0 Å². The van der Waals surface area contributed by atoms with Crippen molar-refractivity contribution < 1.29 is 4.79 Å². The van der Waals surface area contributed by atoms with E-state index in [4.69, 9.17) is 0 Å². The summed E-state index contributed by atoms with van der Waals surface area (Å²) in [5.74, 6) is 1.81. The van der Waals surface area contributed by atoms with Crippen molar-refractivity contribution in [2.45, 2.75) is 27.2 Å². The molecule has 52 valence electrons. The Morgan fingerprint density at radius 2 is 2.00 bits per heavy atom. The highest BCUT2D eigenvalue weighted by molar-refractivity contribution is 5.85. The van der Waals surface area contributed by atoms with Crippen LogP contribution in [0.3, 0.4) is 0 Å². The van der Waals surface area contributed by atoms with Crippen molar-refractivity contribution in [1.29, 1.82) is 0 Å². The summed E-state index contributed by atoms with van der Waals surface area (Å²) in [6.45, 7) is 6.10. The highest BCUT2D eigenvalue weighted by Crippen LogP contribution is 2.39. The van der Waals surface area contributed by atoms with E-state index >= 15 is 0 Å². The Morgan fingerprint density at radius 1 is 1.56 bits per heavy atom. The Hall–Kier alpha value is -0.330. The summed E-state index contributed by atoms with van der Waals surface area (Å²) in [6.07, 6.45) is 1.14. The van der Waals surface area contributed by atoms with Gasteiger partial charge in [-0.25, -0.2) is 0 Å². The molecule has 0 amide bonds. The summed E-state index contributed by atoms with van der Waals surface area (Å²) in [5, 5.41) is 0. The maximum absolute atomic E-state index is 11.1. The second kappa shape index (κ2) is 2.13. The van der Waals surface area contributed by atoms with Crippen LogP contribution in [0, 0.1) is 17.8 Å². The molecule has 0 bridgehead atoms. The van der Waals surface area contributed by atoms with Gasteiger partial charge in [0, 0.05) is 11.8 Å². The Morgan fingerprint density at radius 3 is 2.11 bits per heavy atom. The van der Waals surface area contributed by atoms with Crippen LogP contribution in [0.4, 0.5) is 0 Å². The van der Waals surface area contributed by atoms with Gasteiger partial charge in [0.05, 0.1) is 0 Å². The molecule has 9 heavy (non-hydrogen) atoms. The van der Waals surface area contributed by atoms with Gasteiger partial charge in [-0.15, -0.1) is 0 Å². The van der Waals surface area contributed by atoms with E-state index in [0.717, 1.165) is 6.42 Å². The summed E-state index contributed by atoms with van der Waals surface area (Å²) in [5.41, 5.74) is 0. The molecule has 0 saturated heterocycles. The van der Waals surface area contributed by atoms with Gasteiger partial charge in [-0.2, -0.15) is 0 Å². The summed E-state index contributed by atoms with van der Waals surface area (Å²) in [4.78, 5) is 11.1. The van der Waals surface area contributed by atoms with Crippen molar-refractivity contribution >= 4 is 5.78 Å². The molecule has 0 aromatic heterocycles. The zero-order valence-corrected chi connectivity index (χ0v) is 6.35. The predicted octanol–water partition coefficient (Wildman–Crippen LogP) is 1.87. The number of hydrogen-bond acceptors (Lipinski definition) is 1. The molecule has 0 unspecified atom stereocenters. The molecular formula is C8H14O. The lowest BCUT2D eigenvalue weighted by atomic mass is 10.0. The van der Waals surface area contributed by atoms with E-state index in [1.165, 1.54) is 0 Å². The molecule has 0 spiro atoms. The smallest absolute Gasteiger partial charge is 0.138 e. The summed E-state index contributed by atoms with van der Waals surface area (Å²) < 4.78 is 0. The van der Waals surface area contributed by atoms with Gasteiger partial charge in [0.25, 0.3) is 0 Å². The number of carbonyl (C=O) groups excluding carboxylic acids is 1. The first-order valence-electron chi connectivity index (χ1n) is 3.66. The van der Waals surface area contributed by atoms with E-state index in [-0.39, 0.29) is 5.92 Å². The van der Waals surface area contributed by atoms with Crippen LogP contribution in [-0.4, -0.2) is 5.78 Å². The van der Waals surface area contributed by atoms with E-state index in [1.807, 2.05) is 13.8 Å². The average Bonchev–Trinajstić information content (AvgIpc) is 2.44. The molecule has 0 heterocycles. The maximum Gasteiger partial charge on any atom is 0.138 e. The fraction of sp³-hybridized carbons (Fsp3) is 0.875. The van der Waals surface area contributed by atoms with Crippen molar-refractivity contribution in [1.82, 2.24) is 0 Å². The standard InChI is InChI=1S/C8H14O/c1-5(2)8(9)7-4-6(7)3/h5-7H,4H2,1-3H3/t6-,7-/m1/s1. The minimum Gasteiger partial charge on any atom is -0.299 e. The normalized spacial score (nSPS) is 32.9. The molecule has 1 heteroatoms. The van der Waals surface area contributed by atoms with Gasteiger partial charge >= 0.3 is 0 Å². The molecule has 0 aromatic rings. The second-order valence-electron chi connectivity index (χ2n) is 3.38. The van der Waals surface area contributed by atoms with Gasteiger partial charge in [-0.05, 0) is 12.3 Å². The number of carbonyl (C=O) groups is 1. The van der Waals surface area contributed by atoms with Crippen LogP contribution in [0.5, 0.6) is 0 Å². The molecule has 0 aliphatic heterocycles. The highest BCUT2D eigenvalue weighted by atomic mass is 16.1. The van der Waals surface area contributed by atoms with Crippen molar-refractivity contribution in [3.8, 4) is 0 Å². The first kappa shape index (κ1) is 6.79. The molecule has 1 aliphatic carbocycles. The number of Topliss-reactive ketones (excluding diaryl/α,β-unsaturated/α-hetero) is 1. The monoisotopic (exact) mass is 126 g/mol. The topological polar surface area (TPSA) is 17.1 Å². The lowest BCUT2D eigenvalue weighted by Crippen LogP contribution is -2.09. The molecule has 1 rings (SSSR count). The van der Waals surface area contributed by atoms with E-state index in [9.17, 15) is 4.79 Å². The number of rotatable bonds is 2. The molecule has 1 fully saturated rings. The van der Waals surface area contributed by atoms with Crippen molar-refractivity contribution in [3.63, 3.8) is 0 Å². The molecule has 0 radical (unpaired) electrons. The van der Waals surface area contributed by atoms with Crippen LogP contribution < -0.4 is 0 Å². The SMILES string of the molecule is CC(C)C(=O)[C@@H]1C[C@H]1C. The van der Waals surface area contributed by atoms with Crippen LogP contribution >= 0.6 is 0 Å². The predicted molar refractivity (Wildman–Crippen MR) is 37.1 cm³/mol. The van der Waals surface area contributed by atoms with Gasteiger partial charge in [-0.3, -0.25) is 4.79 Å². The fourth-order valence-corrected chi connectivity index (χ4v) is 1.15. The van der Waals surface area contributed by atoms with Gasteiger partial charge < -0.3 is 0 Å². The van der Waals surface area contributed by atoms with Crippen LogP contribution in [-0.2, 0) is 4.79 Å². The first-order chi connectivity index (χ1) is 4.13. The molecule has 2 atom stereocenters. The van der Waals surface area contributed by atoms with E-state index < -0.39 is 0 Å². The Labute approximate surface area is 56.4 Å². The second-order valence-corrected chi connectivity index (χ2v) is 3.38. The quantitative estimate of drug-likeness (QED) is 0.552. The van der Waals surface area contributed by atoms with Crippen LogP contribution in [0.1, 0.15) is 27.2 Å². The highest BCUT2D eigenvalue weighted by Gasteiger charge is 2.39. The van der Waals surface area contributed by atoms with Crippen molar-refractivity contribution in [2.24, 2.45) is 17.8 Å². The van der Waals surface area contributed by atoms with Gasteiger partial charge in [0.1, 0.15) is 5.78 Å². The lowest BCUT2D eigenvalue weighted by molar-refractivity contribution is -0.123. The molecule has 0 N–H and O–H groups in total. The maximum atomic E-state index is 11.1. The summed E-state index contributed by atoms with van der Waals surface area (Å²) in [6, 6.07) is 0. The zero-order chi connectivity index (χ0) is 7.02. The van der Waals surface area contributed by atoms with Gasteiger partial charge in [0.2, 0.25) is 0 Å². The van der Waals surface area contributed by atoms with Crippen molar-refractivity contribution in [3.05, 3.63) is 0 Å². The Bertz CT molecular complexity index is 127. The third kappa shape index (κ3) is 1.32. The van der Waals surface area contributed by atoms with Crippen LogP contribution in [0.2, 0.25) is 0 Å². The third-order valence-corrected chi connectivity index (χ3v) is 2.04. The minimum absolute atomic E-state index is 0.250. The lowest BCUT2D eigenvalue weighted by Gasteiger charge is -1.99. The fourth-order valence-electron chi connectivity index (χ4n) is 1.15. The number of ketones is 1.